The summed E-state index contributed by atoms with van der Waals surface area (Å²) < 4.78 is 6.67. The molecule has 4 nitrogen and oxygen atoms in total. The van der Waals surface area contributed by atoms with E-state index >= 15 is 0 Å². The molecular weight excluding hydrogens is 264 g/mol. The summed E-state index contributed by atoms with van der Waals surface area (Å²) in [5, 5.41) is 4.40. The molecule has 0 saturated heterocycles. The fraction of sp³-hybridized carbons (Fsp3) is 0.412. The number of ether oxygens (including phenoxy) is 1. The van der Waals surface area contributed by atoms with E-state index in [1.807, 2.05) is 38.1 Å². The summed E-state index contributed by atoms with van der Waals surface area (Å²) in [5.41, 5.74) is 4.08. The Hall–Kier alpha value is -2.10. The van der Waals surface area contributed by atoms with Crippen molar-refractivity contribution in [2.75, 3.05) is 7.11 Å². The van der Waals surface area contributed by atoms with Crippen molar-refractivity contribution in [1.82, 2.24) is 9.78 Å². The Morgan fingerprint density at radius 2 is 1.90 bits per heavy atom. The molecule has 0 unspecified atom stereocenters. The number of carbonyl (C=O) groups excluding carboxylic acids is 1. The highest BCUT2D eigenvalue weighted by Gasteiger charge is 2.16. The average Bonchev–Trinajstić information content (AvgIpc) is 2.76. The van der Waals surface area contributed by atoms with Gasteiger partial charge in [-0.25, -0.2) is 4.68 Å². The highest BCUT2D eigenvalue weighted by atomic mass is 16.5. The van der Waals surface area contributed by atoms with E-state index in [9.17, 15) is 4.79 Å². The lowest BCUT2D eigenvalue weighted by Gasteiger charge is -2.05. The van der Waals surface area contributed by atoms with Gasteiger partial charge in [-0.15, -0.1) is 0 Å². The Bertz CT molecular complexity index is 627. The molecule has 1 heterocycles. The van der Waals surface area contributed by atoms with Gasteiger partial charge in [0.05, 0.1) is 19.2 Å². The van der Waals surface area contributed by atoms with Gasteiger partial charge in [0.25, 0.3) is 5.91 Å². The van der Waals surface area contributed by atoms with Crippen LogP contribution < -0.4 is 4.74 Å². The summed E-state index contributed by atoms with van der Waals surface area (Å²) in [6, 6.07) is 7.56. The normalized spacial score (nSPS) is 10.7. The number of hydrogen-bond acceptors (Lipinski definition) is 3. The number of hydrogen-bond donors (Lipinski definition) is 0. The Morgan fingerprint density at radius 3 is 2.48 bits per heavy atom. The van der Waals surface area contributed by atoms with Crippen molar-refractivity contribution < 1.29 is 9.53 Å². The second-order valence-corrected chi connectivity index (χ2v) is 5.23. The molecule has 112 valence electrons. The van der Waals surface area contributed by atoms with E-state index in [-0.39, 0.29) is 5.91 Å². The molecule has 0 fully saturated rings. The van der Waals surface area contributed by atoms with Crippen molar-refractivity contribution in [3.05, 3.63) is 46.8 Å². The van der Waals surface area contributed by atoms with Gasteiger partial charge in [0.1, 0.15) is 5.75 Å². The van der Waals surface area contributed by atoms with Crippen molar-refractivity contribution in [3.63, 3.8) is 0 Å². The van der Waals surface area contributed by atoms with Gasteiger partial charge >= 0.3 is 0 Å². The molecule has 1 aromatic heterocycles. The Labute approximate surface area is 125 Å². The minimum atomic E-state index is 0.00289. The molecule has 4 heteroatoms. The standard InChI is InChI=1S/C17H22N2O2/c1-5-6-16-12(2)18-19(13(16)3)17(20)11-14-7-9-15(21-4)10-8-14/h7-10H,5-6,11H2,1-4H3. The molecule has 0 aliphatic heterocycles. The van der Waals surface area contributed by atoms with E-state index in [2.05, 4.69) is 12.0 Å². The third-order valence-electron chi connectivity index (χ3n) is 3.69. The molecule has 0 bridgehead atoms. The predicted molar refractivity (Wildman–Crippen MR) is 83.0 cm³/mol. The van der Waals surface area contributed by atoms with E-state index in [0.29, 0.717) is 6.42 Å². The average molecular weight is 286 g/mol. The van der Waals surface area contributed by atoms with E-state index in [4.69, 9.17) is 4.74 Å². The van der Waals surface area contributed by atoms with Gasteiger partial charge in [-0.2, -0.15) is 5.10 Å². The smallest absolute Gasteiger partial charge is 0.251 e. The zero-order chi connectivity index (χ0) is 15.4. The molecule has 1 aromatic carbocycles. The molecule has 0 amide bonds. The lowest BCUT2D eigenvalue weighted by atomic mass is 10.1. The summed E-state index contributed by atoms with van der Waals surface area (Å²) in [6.07, 6.45) is 2.37. The first-order valence-corrected chi connectivity index (χ1v) is 7.28. The second kappa shape index (κ2) is 6.57. The minimum absolute atomic E-state index is 0.00289. The molecule has 0 N–H and O–H groups in total. The number of benzene rings is 1. The number of aryl methyl sites for hydroxylation is 1. The van der Waals surface area contributed by atoms with Crippen molar-refractivity contribution >= 4 is 5.91 Å². The van der Waals surface area contributed by atoms with E-state index in [0.717, 1.165) is 35.5 Å². The molecule has 2 rings (SSSR count). The fourth-order valence-electron chi connectivity index (χ4n) is 2.52. The van der Waals surface area contributed by atoms with E-state index in [1.54, 1.807) is 11.8 Å². The van der Waals surface area contributed by atoms with Crippen LogP contribution in [-0.4, -0.2) is 22.8 Å². The summed E-state index contributed by atoms with van der Waals surface area (Å²) >= 11 is 0. The molecule has 2 aromatic rings. The maximum Gasteiger partial charge on any atom is 0.251 e. The van der Waals surface area contributed by atoms with E-state index in [1.165, 1.54) is 5.56 Å². The van der Waals surface area contributed by atoms with Crippen LogP contribution in [0.2, 0.25) is 0 Å². The number of aromatic nitrogens is 2. The molecule has 0 atom stereocenters. The van der Waals surface area contributed by atoms with Gasteiger partial charge in [-0.1, -0.05) is 25.5 Å². The summed E-state index contributed by atoms with van der Waals surface area (Å²) in [4.78, 5) is 12.4. The largest absolute Gasteiger partial charge is 0.497 e. The lowest BCUT2D eigenvalue weighted by molar-refractivity contribution is 0.0895. The topological polar surface area (TPSA) is 44.1 Å². The van der Waals surface area contributed by atoms with Crippen molar-refractivity contribution in [1.29, 1.82) is 0 Å². The lowest BCUT2D eigenvalue weighted by Crippen LogP contribution is -2.16. The Kier molecular flexibility index (Phi) is 4.78. The SMILES string of the molecule is CCCc1c(C)nn(C(=O)Cc2ccc(OC)cc2)c1C. The number of nitrogens with zero attached hydrogens (tertiary/aromatic N) is 2. The van der Waals surface area contributed by atoms with Gasteiger partial charge in [0.2, 0.25) is 0 Å². The third kappa shape index (κ3) is 3.32. The quantitative estimate of drug-likeness (QED) is 0.846. The maximum atomic E-state index is 12.4. The third-order valence-corrected chi connectivity index (χ3v) is 3.69. The first-order valence-electron chi connectivity index (χ1n) is 7.28. The molecular formula is C17H22N2O2. The highest BCUT2D eigenvalue weighted by molar-refractivity contribution is 5.81. The first-order chi connectivity index (χ1) is 10.1. The van der Waals surface area contributed by atoms with Crippen LogP contribution in [0.15, 0.2) is 24.3 Å². The van der Waals surface area contributed by atoms with Gasteiger partial charge in [0, 0.05) is 5.69 Å². The summed E-state index contributed by atoms with van der Waals surface area (Å²) in [7, 11) is 1.63. The molecule has 0 aliphatic carbocycles. The van der Waals surface area contributed by atoms with Gasteiger partial charge in [-0.3, -0.25) is 4.79 Å². The van der Waals surface area contributed by atoms with Crippen LogP contribution in [0.5, 0.6) is 5.75 Å². The van der Waals surface area contributed by atoms with Crippen LogP contribution in [0.4, 0.5) is 0 Å². The molecule has 0 saturated carbocycles. The Morgan fingerprint density at radius 1 is 1.24 bits per heavy atom. The zero-order valence-electron chi connectivity index (χ0n) is 13.1. The highest BCUT2D eigenvalue weighted by Crippen LogP contribution is 2.17. The molecule has 21 heavy (non-hydrogen) atoms. The predicted octanol–water partition coefficient (Wildman–Crippen LogP) is 3.34. The number of methoxy groups -OCH3 is 1. The van der Waals surface area contributed by atoms with Crippen LogP contribution >= 0.6 is 0 Å². The maximum absolute atomic E-state index is 12.4. The van der Waals surface area contributed by atoms with Gasteiger partial charge < -0.3 is 4.74 Å². The van der Waals surface area contributed by atoms with E-state index < -0.39 is 0 Å². The molecule has 0 spiro atoms. The van der Waals surface area contributed by atoms with Crippen LogP contribution in [0, 0.1) is 13.8 Å². The van der Waals surface area contributed by atoms with Crippen LogP contribution in [0.25, 0.3) is 0 Å². The van der Waals surface area contributed by atoms with Crippen LogP contribution in [0.1, 0.15) is 40.7 Å². The van der Waals surface area contributed by atoms with Crippen LogP contribution in [0.3, 0.4) is 0 Å². The minimum Gasteiger partial charge on any atom is -0.497 e. The summed E-state index contributed by atoms with van der Waals surface area (Å²) in [5.74, 6) is 0.797. The van der Waals surface area contributed by atoms with Crippen molar-refractivity contribution in [3.8, 4) is 5.75 Å². The second-order valence-electron chi connectivity index (χ2n) is 5.23. The first kappa shape index (κ1) is 15.3. The fourth-order valence-corrected chi connectivity index (χ4v) is 2.52. The number of rotatable bonds is 5. The van der Waals surface area contributed by atoms with Crippen molar-refractivity contribution in [2.24, 2.45) is 0 Å². The van der Waals surface area contributed by atoms with Gasteiger partial charge in [-0.05, 0) is 43.5 Å². The van der Waals surface area contributed by atoms with Gasteiger partial charge in [0.15, 0.2) is 0 Å². The zero-order valence-corrected chi connectivity index (χ0v) is 13.1. The molecule has 0 radical (unpaired) electrons. The number of carbonyl (C=O) groups is 1. The summed E-state index contributed by atoms with van der Waals surface area (Å²) in [6.45, 7) is 6.07. The van der Waals surface area contributed by atoms with Crippen molar-refractivity contribution in [2.45, 2.75) is 40.0 Å². The molecule has 0 aliphatic rings. The van der Waals surface area contributed by atoms with Crippen LogP contribution in [-0.2, 0) is 12.8 Å². The monoisotopic (exact) mass is 286 g/mol. The Balaban J connectivity index is 2.18.